The Hall–Kier alpha value is -4.41. The molecule has 1 aliphatic heterocycles. The minimum absolute atomic E-state index is 0.00219. The molecule has 0 fully saturated rings. The summed E-state index contributed by atoms with van der Waals surface area (Å²) in [7, 11) is 4.21. The molecule has 32 heavy (non-hydrogen) atoms. The van der Waals surface area contributed by atoms with Gasteiger partial charge in [-0.05, 0) is 36.4 Å². The maximum atomic E-state index is 12.2. The quantitative estimate of drug-likeness (QED) is 0.376. The maximum absolute atomic E-state index is 12.2. The lowest BCUT2D eigenvalue weighted by Crippen LogP contribution is -2.43. The molecule has 0 atom stereocenters. The van der Waals surface area contributed by atoms with Crippen LogP contribution < -0.4 is 20.3 Å². The molecule has 0 spiro atoms. The molecule has 0 radical (unpaired) electrons. The molecule has 3 rings (SSSR count). The highest BCUT2D eigenvalue weighted by Crippen LogP contribution is 2.27. The number of nitrogens with one attached hydrogen (secondary N) is 2. The van der Waals surface area contributed by atoms with E-state index in [0.29, 0.717) is 11.5 Å². The normalized spacial score (nSPS) is 12.2. The zero-order valence-corrected chi connectivity index (χ0v) is 17.4. The van der Waals surface area contributed by atoms with Crippen LogP contribution in [0.3, 0.4) is 0 Å². The molecule has 1 heterocycles. The van der Waals surface area contributed by atoms with Gasteiger partial charge in [-0.2, -0.15) is 0 Å². The second-order valence-corrected chi connectivity index (χ2v) is 6.58. The molecule has 2 aromatic carbocycles. The van der Waals surface area contributed by atoms with Gasteiger partial charge < -0.3 is 14.2 Å². The van der Waals surface area contributed by atoms with E-state index >= 15 is 0 Å². The van der Waals surface area contributed by atoms with Crippen molar-refractivity contribution in [2.75, 3.05) is 27.9 Å². The number of imide groups is 1. The topological polar surface area (TPSA) is 140 Å². The molecule has 0 saturated heterocycles. The molecule has 166 valence electrons. The highest BCUT2D eigenvalue weighted by Gasteiger charge is 2.33. The number of hydrogen-bond acceptors (Lipinski definition) is 8. The summed E-state index contributed by atoms with van der Waals surface area (Å²) in [4.78, 5) is 61.1. The Labute approximate surface area is 182 Å². The number of esters is 1. The van der Waals surface area contributed by atoms with Gasteiger partial charge in [0.2, 0.25) is 0 Å². The first kappa shape index (κ1) is 22.3. The average Bonchev–Trinajstić information content (AvgIpc) is 3.03. The van der Waals surface area contributed by atoms with Gasteiger partial charge >= 0.3 is 5.97 Å². The van der Waals surface area contributed by atoms with Crippen molar-refractivity contribution in [3.63, 3.8) is 0 Å². The third kappa shape index (κ3) is 4.36. The van der Waals surface area contributed by atoms with Gasteiger partial charge in [-0.15, -0.1) is 0 Å². The van der Waals surface area contributed by atoms with E-state index < -0.39 is 36.2 Å². The van der Waals surface area contributed by atoms with Gasteiger partial charge in [0.05, 0.1) is 30.9 Å². The summed E-state index contributed by atoms with van der Waals surface area (Å²) in [5, 5.41) is 0. The fourth-order valence-corrected chi connectivity index (χ4v) is 2.91. The van der Waals surface area contributed by atoms with Crippen molar-refractivity contribution in [3.8, 4) is 11.5 Å². The van der Waals surface area contributed by atoms with E-state index in [1.54, 1.807) is 0 Å². The van der Waals surface area contributed by atoms with Crippen LogP contribution in [0.2, 0.25) is 0 Å². The lowest BCUT2D eigenvalue weighted by molar-refractivity contribution is -0.125. The number of carbonyl (C=O) groups is 5. The summed E-state index contributed by atoms with van der Waals surface area (Å²) in [5.74, 6) is -2.52. The van der Waals surface area contributed by atoms with Gasteiger partial charge in [0.15, 0.2) is 18.1 Å². The summed E-state index contributed by atoms with van der Waals surface area (Å²) < 4.78 is 15.1. The number of amides is 4. The fourth-order valence-electron chi connectivity index (χ4n) is 2.91. The highest BCUT2D eigenvalue weighted by atomic mass is 16.5. The Balaban J connectivity index is 1.53. The molecule has 1 aliphatic rings. The lowest BCUT2D eigenvalue weighted by Gasteiger charge is -2.11. The number of nitrogens with zero attached hydrogens (tertiary/aromatic N) is 1. The summed E-state index contributed by atoms with van der Waals surface area (Å²) in [5.41, 5.74) is 4.77. The van der Waals surface area contributed by atoms with Gasteiger partial charge in [0.1, 0.15) is 0 Å². The Bertz CT molecular complexity index is 1130. The molecule has 0 unspecified atom stereocenters. The fraction of sp³-hybridized carbons (Fsp3) is 0.190. The van der Waals surface area contributed by atoms with Gasteiger partial charge in [0.25, 0.3) is 23.6 Å². The van der Waals surface area contributed by atoms with Crippen molar-refractivity contribution >= 4 is 29.6 Å². The van der Waals surface area contributed by atoms with Crippen molar-refractivity contribution in [1.29, 1.82) is 0 Å². The van der Waals surface area contributed by atoms with Gasteiger partial charge in [-0.25, -0.2) is 4.79 Å². The monoisotopic (exact) mass is 441 g/mol. The molecule has 2 aromatic rings. The first-order chi connectivity index (χ1) is 15.3. The molecule has 2 N–H and O–H groups in total. The summed E-state index contributed by atoms with van der Waals surface area (Å²) in [6, 6.07) is 8.33. The molecular formula is C21H19N3O8. The molecule has 4 amide bonds. The van der Waals surface area contributed by atoms with Crippen molar-refractivity contribution in [1.82, 2.24) is 15.8 Å². The summed E-state index contributed by atoms with van der Waals surface area (Å²) in [6.45, 7) is -0.686. The average molecular weight is 441 g/mol. The number of carbonyl (C=O) groups excluding carboxylic acids is 5. The van der Waals surface area contributed by atoms with E-state index in [0.717, 1.165) is 4.90 Å². The van der Waals surface area contributed by atoms with Gasteiger partial charge in [-0.1, -0.05) is 0 Å². The molecule has 11 heteroatoms. The third-order valence-corrected chi connectivity index (χ3v) is 4.62. The lowest BCUT2D eigenvalue weighted by atomic mass is 10.1. The zero-order valence-electron chi connectivity index (χ0n) is 17.4. The van der Waals surface area contributed by atoms with Crippen LogP contribution in [0.5, 0.6) is 11.5 Å². The number of hydrogen-bond donors (Lipinski definition) is 2. The first-order valence-electron chi connectivity index (χ1n) is 9.21. The standard InChI is InChI=1S/C21H19N3O8/c1-24-19(27)13-6-4-12(8-14(13)20(24)28)21(29)32-10-17(25)22-23-18(26)11-5-7-15(30-2)16(9-11)31-3/h4-9H,10H2,1-3H3,(H,22,25)(H,23,26). The van der Waals surface area contributed by atoms with E-state index in [9.17, 15) is 24.0 Å². The van der Waals surface area contributed by atoms with E-state index in [1.807, 2.05) is 0 Å². The number of ether oxygens (including phenoxy) is 3. The molecule has 0 saturated carbocycles. The number of methoxy groups -OCH3 is 2. The van der Waals surface area contributed by atoms with Crippen molar-refractivity contribution in [2.24, 2.45) is 0 Å². The van der Waals surface area contributed by atoms with Crippen LogP contribution in [0.25, 0.3) is 0 Å². The van der Waals surface area contributed by atoms with Crippen LogP contribution in [0, 0.1) is 0 Å². The van der Waals surface area contributed by atoms with Crippen molar-refractivity contribution < 1.29 is 38.2 Å². The van der Waals surface area contributed by atoms with Crippen LogP contribution >= 0.6 is 0 Å². The first-order valence-corrected chi connectivity index (χ1v) is 9.21. The number of benzene rings is 2. The van der Waals surface area contributed by atoms with Crippen LogP contribution in [0.15, 0.2) is 36.4 Å². The zero-order chi connectivity index (χ0) is 23.4. The summed E-state index contributed by atoms with van der Waals surface area (Å²) >= 11 is 0. The smallest absolute Gasteiger partial charge is 0.338 e. The Morgan fingerprint density at radius 1 is 0.844 bits per heavy atom. The summed E-state index contributed by atoms with van der Waals surface area (Å²) in [6.07, 6.45) is 0. The second kappa shape index (κ2) is 9.16. The predicted octanol–water partition coefficient (Wildman–Crippen LogP) is 0.548. The largest absolute Gasteiger partial charge is 0.493 e. The van der Waals surface area contributed by atoms with Gasteiger partial charge in [-0.3, -0.25) is 34.9 Å². The molecular weight excluding hydrogens is 422 g/mol. The van der Waals surface area contributed by atoms with E-state index in [-0.39, 0.29) is 22.3 Å². The second-order valence-electron chi connectivity index (χ2n) is 6.58. The van der Waals surface area contributed by atoms with Crippen LogP contribution in [0.1, 0.15) is 41.4 Å². The molecule has 0 aromatic heterocycles. The van der Waals surface area contributed by atoms with Crippen molar-refractivity contribution in [2.45, 2.75) is 0 Å². The number of hydrazine groups is 1. The number of rotatable bonds is 6. The van der Waals surface area contributed by atoms with E-state index in [1.165, 1.54) is 57.7 Å². The Morgan fingerprint density at radius 3 is 2.19 bits per heavy atom. The minimum atomic E-state index is -0.871. The van der Waals surface area contributed by atoms with Crippen LogP contribution in [-0.2, 0) is 9.53 Å². The van der Waals surface area contributed by atoms with Crippen molar-refractivity contribution in [3.05, 3.63) is 58.7 Å². The number of fused-ring (bicyclic) bond motifs is 1. The predicted molar refractivity (Wildman–Crippen MR) is 108 cm³/mol. The highest BCUT2D eigenvalue weighted by molar-refractivity contribution is 6.21. The minimum Gasteiger partial charge on any atom is -0.493 e. The van der Waals surface area contributed by atoms with Crippen LogP contribution in [-0.4, -0.2) is 62.4 Å². The Kier molecular flexibility index (Phi) is 6.38. The molecule has 0 bridgehead atoms. The molecule has 0 aliphatic carbocycles. The van der Waals surface area contributed by atoms with Gasteiger partial charge in [0, 0.05) is 12.6 Å². The Morgan fingerprint density at radius 2 is 1.50 bits per heavy atom. The van der Waals surface area contributed by atoms with E-state index in [4.69, 9.17) is 14.2 Å². The molecule has 11 nitrogen and oxygen atoms in total. The van der Waals surface area contributed by atoms with Crippen LogP contribution in [0.4, 0.5) is 0 Å². The maximum Gasteiger partial charge on any atom is 0.338 e. The van der Waals surface area contributed by atoms with E-state index in [2.05, 4.69) is 10.9 Å². The third-order valence-electron chi connectivity index (χ3n) is 4.62. The SMILES string of the molecule is COc1ccc(C(=O)NNC(=O)COC(=O)c2ccc3c(c2)C(=O)N(C)C3=O)cc1OC.